The number of piperidine rings is 1. The standard InChI is InChI=1S/C17H24F3N3O/c1-13-6-5-9-23(11-13)16(21-2)22-10-14-7-3-4-8-15(14)24-12-17(18,19)20/h3-4,7-8,13H,5-6,9-12H2,1-2H3,(H,21,22). The van der Waals surface area contributed by atoms with Gasteiger partial charge in [-0.15, -0.1) is 0 Å². The largest absolute Gasteiger partial charge is 0.484 e. The Morgan fingerprint density at radius 2 is 2.12 bits per heavy atom. The third-order valence-electron chi connectivity index (χ3n) is 3.97. The maximum Gasteiger partial charge on any atom is 0.422 e. The lowest BCUT2D eigenvalue weighted by Crippen LogP contribution is -2.45. The van der Waals surface area contributed by atoms with Crippen LogP contribution in [0.4, 0.5) is 13.2 Å². The summed E-state index contributed by atoms with van der Waals surface area (Å²) in [5.74, 6) is 1.62. The van der Waals surface area contributed by atoms with Gasteiger partial charge in [0.25, 0.3) is 0 Å². The molecule has 0 spiro atoms. The fraction of sp³-hybridized carbons (Fsp3) is 0.588. The number of nitrogens with one attached hydrogen (secondary N) is 1. The molecule has 0 saturated carbocycles. The van der Waals surface area contributed by atoms with Gasteiger partial charge in [0.2, 0.25) is 0 Å². The van der Waals surface area contributed by atoms with Gasteiger partial charge in [0.15, 0.2) is 12.6 Å². The van der Waals surface area contributed by atoms with Crippen LogP contribution < -0.4 is 10.1 Å². The fourth-order valence-corrected chi connectivity index (χ4v) is 2.84. The number of rotatable bonds is 4. The second kappa shape index (κ2) is 8.26. The molecule has 0 aliphatic carbocycles. The zero-order valence-electron chi connectivity index (χ0n) is 14.1. The average molecular weight is 343 g/mol. The molecule has 24 heavy (non-hydrogen) atoms. The highest BCUT2D eigenvalue weighted by Gasteiger charge is 2.28. The van der Waals surface area contributed by atoms with Gasteiger partial charge in [0.1, 0.15) is 5.75 Å². The van der Waals surface area contributed by atoms with Crippen LogP contribution in [0, 0.1) is 5.92 Å². The van der Waals surface area contributed by atoms with Crippen molar-refractivity contribution in [3.05, 3.63) is 29.8 Å². The molecule has 1 aromatic carbocycles. The summed E-state index contributed by atoms with van der Waals surface area (Å²) < 4.78 is 42.0. The fourth-order valence-electron chi connectivity index (χ4n) is 2.84. The van der Waals surface area contributed by atoms with Gasteiger partial charge >= 0.3 is 6.18 Å². The van der Waals surface area contributed by atoms with Gasteiger partial charge in [-0.3, -0.25) is 4.99 Å². The van der Waals surface area contributed by atoms with Gasteiger partial charge in [-0.2, -0.15) is 13.2 Å². The summed E-state index contributed by atoms with van der Waals surface area (Å²) >= 11 is 0. The highest BCUT2D eigenvalue weighted by atomic mass is 19.4. The molecular formula is C17H24F3N3O. The number of benzene rings is 1. The number of aliphatic imine (C=N–C) groups is 1. The van der Waals surface area contributed by atoms with E-state index in [1.807, 2.05) is 0 Å². The van der Waals surface area contributed by atoms with E-state index in [1.165, 1.54) is 6.42 Å². The van der Waals surface area contributed by atoms with Gasteiger partial charge in [-0.25, -0.2) is 0 Å². The third-order valence-corrected chi connectivity index (χ3v) is 3.97. The van der Waals surface area contributed by atoms with Crippen molar-refractivity contribution in [3.63, 3.8) is 0 Å². The average Bonchev–Trinajstić information content (AvgIpc) is 2.54. The molecule has 1 heterocycles. The van der Waals surface area contributed by atoms with Crippen LogP contribution in [0.1, 0.15) is 25.3 Å². The zero-order valence-corrected chi connectivity index (χ0v) is 14.1. The highest BCUT2D eigenvalue weighted by Crippen LogP contribution is 2.22. The molecule has 0 amide bonds. The van der Waals surface area contributed by atoms with E-state index in [0.29, 0.717) is 18.0 Å². The molecule has 1 aromatic rings. The molecule has 1 N–H and O–H groups in total. The van der Waals surface area contributed by atoms with E-state index in [9.17, 15) is 13.2 Å². The van der Waals surface area contributed by atoms with Crippen molar-refractivity contribution in [1.82, 2.24) is 10.2 Å². The Labute approximate surface area is 140 Å². The Bertz CT molecular complexity index is 560. The van der Waals surface area contributed by atoms with E-state index in [4.69, 9.17) is 4.74 Å². The van der Waals surface area contributed by atoms with E-state index in [1.54, 1.807) is 31.3 Å². The number of para-hydroxylation sites is 1. The number of nitrogens with zero attached hydrogens (tertiary/aromatic N) is 2. The van der Waals surface area contributed by atoms with Crippen LogP contribution in [-0.2, 0) is 6.54 Å². The predicted octanol–water partition coefficient (Wildman–Crippen LogP) is 3.44. The quantitative estimate of drug-likeness (QED) is 0.672. The van der Waals surface area contributed by atoms with E-state index in [-0.39, 0.29) is 5.75 Å². The molecule has 1 aliphatic rings. The van der Waals surface area contributed by atoms with Crippen molar-refractivity contribution >= 4 is 5.96 Å². The Kier molecular flexibility index (Phi) is 6.34. The summed E-state index contributed by atoms with van der Waals surface area (Å²) in [6.07, 6.45) is -2.02. The monoisotopic (exact) mass is 343 g/mol. The first kappa shape index (κ1) is 18.4. The van der Waals surface area contributed by atoms with Crippen molar-refractivity contribution in [3.8, 4) is 5.75 Å². The lowest BCUT2D eigenvalue weighted by atomic mass is 10.0. The predicted molar refractivity (Wildman–Crippen MR) is 88.2 cm³/mol. The molecule has 1 unspecified atom stereocenters. The van der Waals surface area contributed by atoms with Gasteiger partial charge < -0.3 is 15.0 Å². The molecule has 2 rings (SSSR count). The molecule has 134 valence electrons. The number of hydrogen-bond donors (Lipinski definition) is 1. The maximum absolute atomic E-state index is 12.4. The van der Waals surface area contributed by atoms with Gasteiger partial charge in [-0.05, 0) is 24.8 Å². The van der Waals surface area contributed by atoms with E-state index < -0.39 is 12.8 Å². The lowest BCUT2D eigenvalue weighted by molar-refractivity contribution is -0.153. The number of halogens is 3. The van der Waals surface area contributed by atoms with E-state index in [0.717, 1.165) is 25.5 Å². The number of hydrogen-bond acceptors (Lipinski definition) is 2. The Hall–Kier alpha value is -1.92. The van der Waals surface area contributed by atoms with Crippen LogP contribution in [0.3, 0.4) is 0 Å². The highest BCUT2D eigenvalue weighted by molar-refractivity contribution is 5.80. The minimum absolute atomic E-state index is 0.241. The Morgan fingerprint density at radius 1 is 1.38 bits per heavy atom. The first-order valence-electron chi connectivity index (χ1n) is 8.12. The SMILES string of the molecule is CN=C(NCc1ccccc1OCC(F)(F)F)N1CCCC(C)C1. The molecule has 7 heteroatoms. The van der Waals surface area contributed by atoms with Crippen LogP contribution in [0.5, 0.6) is 5.75 Å². The molecule has 1 atom stereocenters. The first-order chi connectivity index (χ1) is 11.4. The summed E-state index contributed by atoms with van der Waals surface area (Å²) in [4.78, 5) is 6.47. The summed E-state index contributed by atoms with van der Waals surface area (Å²) in [6.45, 7) is 3.16. The molecule has 0 radical (unpaired) electrons. The normalized spacial score (nSPS) is 19.3. The van der Waals surface area contributed by atoms with Gasteiger partial charge in [0.05, 0.1) is 0 Å². The van der Waals surface area contributed by atoms with E-state index >= 15 is 0 Å². The second-order valence-corrected chi connectivity index (χ2v) is 6.11. The van der Waals surface area contributed by atoms with Crippen molar-refractivity contribution in [2.45, 2.75) is 32.5 Å². The van der Waals surface area contributed by atoms with Crippen molar-refractivity contribution < 1.29 is 17.9 Å². The zero-order chi connectivity index (χ0) is 17.6. The molecule has 4 nitrogen and oxygen atoms in total. The van der Waals surface area contributed by atoms with Crippen LogP contribution in [-0.4, -0.2) is 43.8 Å². The van der Waals surface area contributed by atoms with E-state index in [2.05, 4.69) is 22.1 Å². The minimum atomic E-state index is -4.35. The van der Waals surface area contributed by atoms with Crippen LogP contribution in [0.25, 0.3) is 0 Å². The number of likely N-dealkylation sites (tertiary alicyclic amines) is 1. The lowest BCUT2D eigenvalue weighted by Gasteiger charge is -2.33. The maximum atomic E-state index is 12.4. The van der Waals surface area contributed by atoms with Crippen LogP contribution in [0.2, 0.25) is 0 Å². The van der Waals surface area contributed by atoms with Crippen molar-refractivity contribution in [2.75, 3.05) is 26.7 Å². The second-order valence-electron chi connectivity index (χ2n) is 6.11. The number of alkyl halides is 3. The molecule has 0 bridgehead atoms. The minimum Gasteiger partial charge on any atom is -0.484 e. The third kappa shape index (κ3) is 5.62. The Morgan fingerprint density at radius 3 is 2.79 bits per heavy atom. The topological polar surface area (TPSA) is 36.9 Å². The van der Waals surface area contributed by atoms with Crippen molar-refractivity contribution in [1.29, 1.82) is 0 Å². The summed E-state index contributed by atoms with van der Waals surface area (Å²) in [7, 11) is 1.72. The molecule has 0 aromatic heterocycles. The first-order valence-corrected chi connectivity index (χ1v) is 8.12. The van der Waals surface area contributed by atoms with Crippen molar-refractivity contribution in [2.24, 2.45) is 10.9 Å². The number of ether oxygens (including phenoxy) is 1. The molecule has 1 fully saturated rings. The van der Waals surface area contributed by atoms with Crippen LogP contribution >= 0.6 is 0 Å². The molecular weight excluding hydrogens is 319 g/mol. The summed E-state index contributed by atoms with van der Waals surface area (Å²) in [5, 5.41) is 3.23. The molecule has 1 saturated heterocycles. The van der Waals surface area contributed by atoms with Gasteiger partial charge in [-0.1, -0.05) is 25.1 Å². The Balaban J connectivity index is 1.97. The number of guanidine groups is 1. The van der Waals surface area contributed by atoms with Gasteiger partial charge in [0, 0.05) is 32.2 Å². The molecule has 1 aliphatic heterocycles. The van der Waals surface area contributed by atoms with Crippen LogP contribution in [0.15, 0.2) is 29.3 Å². The summed E-state index contributed by atoms with van der Waals surface area (Å²) in [6, 6.07) is 6.75. The summed E-state index contributed by atoms with van der Waals surface area (Å²) in [5.41, 5.74) is 0.674. The smallest absolute Gasteiger partial charge is 0.422 e.